The van der Waals surface area contributed by atoms with Crippen LogP contribution in [0.2, 0.25) is 0 Å². The van der Waals surface area contributed by atoms with Gasteiger partial charge >= 0.3 is 0 Å². The zero-order valence-corrected chi connectivity index (χ0v) is 14.7. The van der Waals surface area contributed by atoms with E-state index in [1.165, 1.54) is 18.3 Å². The maximum Gasteiger partial charge on any atom is 0.250 e. The number of rotatable bonds is 5. The summed E-state index contributed by atoms with van der Waals surface area (Å²) in [6.07, 6.45) is 2.71. The molecule has 1 aliphatic rings. The predicted octanol–water partition coefficient (Wildman–Crippen LogP) is 1.66. The second-order valence-electron chi connectivity index (χ2n) is 6.07. The summed E-state index contributed by atoms with van der Waals surface area (Å²) >= 11 is 0. The summed E-state index contributed by atoms with van der Waals surface area (Å²) in [7, 11) is 1.59. The number of aromatic nitrogens is 2. The molecule has 0 unspecified atom stereocenters. The van der Waals surface area contributed by atoms with Crippen LogP contribution in [-0.4, -0.2) is 53.6 Å². The van der Waals surface area contributed by atoms with E-state index in [2.05, 4.69) is 20.2 Å². The van der Waals surface area contributed by atoms with Crippen LogP contribution in [0.5, 0.6) is 11.6 Å². The molecule has 2 heterocycles. The lowest BCUT2D eigenvalue weighted by atomic mass is 10.2. The number of benzene rings is 1. The molecule has 1 amide bonds. The van der Waals surface area contributed by atoms with Crippen LogP contribution in [0.15, 0.2) is 30.6 Å². The molecule has 0 aliphatic carbocycles. The topological polar surface area (TPSA) is 76.6 Å². The molecule has 1 atom stereocenters. The molecule has 3 rings (SSSR count). The lowest BCUT2D eigenvalue weighted by Gasteiger charge is -2.31. The standard InChI is InChI=1S/C18H21FN4O3/c1-12-7-13(19)3-4-15(12)26-17-9-21-14(8-22-17)10-23-5-6-25-16(11-23)18(24)20-2/h3-4,7-9,16H,5-6,10-11H2,1-2H3,(H,20,24)/t16-/m0/s1. The van der Waals surface area contributed by atoms with Gasteiger partial charge in [0.1, 0.15) is 17.7 Å². The van der Waals surface area contributed by atoms with E-state index in [-0.39, 0.29) is 11.7 Å². The van der Waals surface area contributed by atoms with Crippen LogP contribution < -0.4 is 10.1 Å². The van der Waals surface area contributed by atoms with Gasteiger partial charge < -0.3 is 14.8 Å². The van der Waals surface area contributed by atoms with Crippen LogP contribution >= 0.6 is 0 Å². The first kappa shape index (κ1) is 18.2. The summed E-state index contributed by atoms with van der Waals surface area (Å²) in [4.78, 5) is 22.4. The number of morpholine rings is 1. The summed E-state index contributed by atoms with van der Waals surface area (Å²) < 4.78 is 24.3. The monoisotopic (exact) mass is 360 g/mol. The van der Waals surface area contributed by atoms with Crippen molar-refractivity contribution in [3.05, 3.63) is 47.7 Å². The summed E-state index contributed by atoms with van der Waals surface area (Å²) in [5.74, 6) is 0.444. The normalized spacial score (nSPS) is 17.7. The van der Waals surface area contributed by atoms with Crippen molar-refractivity contribution in [3.8, 4) is 11.6 Å². The molecule has 7 nitrogen and oxygen atoms in total. The van der Waals surface area contributed by atoms with Crippen LogP contribution in [0.4, 0.5) is 4.39 Å². The average Bonchev–Trinajstić information content (AvgIpc) is 2.65. The molecule has 0 saturated carbocycles. The minimum Gasteiger partial charge on any atom is -0.437 e. The van der Waals surface area contributed by atoms with Crippen molar-refractivity contribution in [1.82, 2.24) is 20.2 Å². The van der Waals surface area contributed by atoms with E-state index in [9.17, 15) is 9.18 Å². The zero-order valence-electron chi connectivity index (χ0n) is 14.7. The SMILES string of the molecule is CNC(=O)[C@@H]1CN(Cc2cnc(Oc3ccc(F)cc3C)cn2)CCO1. The molecule has 1 aromatic carbocycles. The minimum atomic E-state index is -0.467. The number of likely N-dealkylation sites (N-methyl/N-ethyl adjacent to an activating group) is 1. The van der Waals surface area contributed by atoms with Crippen molar-refractivity contribution < 1.29 is 18.7 Å². The molecule has 1 fully saturated rings. The Morgan fingerprint density at radius 1 is 1.42 bits per heavy atom. The van der Waals surface area contributed by atoms with E-state index in [0.717, 1.165) is 12.2 Å². The number of aryl methyl sites for hydroxylation is 1. The molecular formula is C18H21FN4O3. The first-order valence-corrected chi connectivity index (χ1v) is 8.35. The third-order valence-electron chi connectivity index (χ3n) is 4.11. The number of hydrogen-bond donors (Lipinski definition) is 1. The number of amides is 1. The highest BCUT2D eigenvalue weighted by molar-refractivity contribution is 5.80. The predicted molar refractivity (Wildman–Crippen MR) is 92.3 cm³/mol. The minimum absolute atomic E-state index is 0.126. The lowest BCUT2D eigenvalue weighted by Crippen LogP contribution is -2.48. The summed E-state index contributed by atoms with van der Waals surface area (Å²) in [6.45, 7) is 4.06. The van der Waals surface area contributed by atoms with Gasteiger partial charge in [-0.3, -0.25) is 14.7 Å². The maximum absolute atomic E-state index is 13.1. The van der Waals surface area contributed by atoms with Gasteiger partial charge in [0, 0.05) is 26.7 Å². The van der Waals surface area contributed by atoms with Gasteiger partial charge in [0.15, 0.2) is 0 Å². The van der Waals surface area contributed by atoms with Gasteiger partial charge in [0.05, 0.1) is 24.7 Å². The summed E-state index contributed by atoms with van der Waals surface area (Å²) in [5, 5.41) is 2.60. The molecule has 1 aromatic heterocycles. The molecule has 0 radical (unpaired) electrons. The molecule has 8 heteroatoms. The number of carbonyl (C=O) groups excluding carboxylic acids is 1. The van der Waals surface area contributed by atoms with Crippen molar-refractivity contribution in [1.29, 1.82) is 0 Å². The number of hydrogen-bond acceptors (Lipinski definition) is 6. The second kappa shape index (κ2) is 8.20. The molecule has 1 N–H and O–H groups in total. The largest absolute Gasteiger partial charge is 0.437 e. The van der Waals surface area contributed by atoms with E-state index >= 15 is 0 Å². The first-order chi connectivity index (χ1) is 12.5. The van der Waals surface area contributed by atoms with Gasteiger partial charge in [-0.05, 0) is 30.7 Å². The molecule has 138 valence electrons. The smallest absolute Gasteiger partial charge is 0.250 e. The fraction of sp³-hybridized carbons (Fsp3) is 0.389. The van der Waals surface area contributed by atoms with Crippen molar-refractivity contribution in [2.45, 2.75) is 19.6 Å². The van der Waals surface area contributed by atoms with Crippen LogP contribution in [-0.2, 0) is 16.1 Å². The van der Waals surface area contributed by atoms with Crippen LogP contribution in [0.25, 0.3) is 0 Å². The Hall–Kier alpha value is -2.58. The van der Waals surface area contributed by atoms with Crippen LogP contribution in [0.1, 0.15) is 11.3 Å². The van der Waals surface area contributed by atoms with Crippen molar-refractivity contribution in [2.75, 3.05) is 26.7 Å². The first-order valence-electron chi connectivity index (χ1n) is 8.35. The number of ether oxygens (including phenoxy) is 2. The molecule has 0 bridgehead atoms. The van der Waals surface area contributed by atoms with Crippen LogP contribution in [0, 0.1) is 12.7 Å². The number of carbonyl (C=O) groups is 1. The van der Waals surface area contributed by atoms with E-state index in [1.54, 1.807) is 26.2 Å². The van der Waals surface area contributed by atoms with Gasteiger partial charge in [-0.25, -0.2) is 9.37 Å². The van der Waals surface area contributed by atoms with E-state index in [4.69, 9.17) is 9.47 Å². The molecule has 0 spiro atoms. The van der Waals surface area contributed by atoms with Crippen LogP contribution in [0.3, 0.4) is 0 Å². The Morgan fingerprint density at radius 2 is 2.27 bits per heavy atom. The van der Waals surface area contributed by atoms with Crippen molar-refractivity contribution in [2.24, 2.45) is 0 Å². The highest BCUT2D eigenvalue weighted by Crippen LogP contribution is 2.23. The highest BCUT2D eigenvalue weighted by atomic mass is 19.1. The molecule has 2 aromatic rings. The maximum atomic E-state index is 13.1. The zero-order chi connectivity index (χ0) is 18.5. The van der Waals surface area contributed by atoms with Gasteiger partial charge in [-0.15, -0.1) is 0 Å². The Labute approximate surface area is 151 Å². The molecule has 1 saturated heterocycles. The quantitative estimate of drug-likeness (QED) is 0.874. The van der Waals surface area contributed by atoms with Crippen molar-refractivity contribution >= 4 is 5.91 Å². The summed E-state index contributed by atoms with van der Waals surface area (Å²) in [5.41, 5.74) is 1.45. The lowest BCUT2D eigenvalue weighted by molar-refractivity contribution is -0.138. The Morgan fingerprint density at radius 3 is 2.96 bits per heavy atom. The van der Waals surface area contributed by atoms with Crippen molar-refractivity contribution in [3.63, 3.8) is 0 Å². The average molecular weight is 360 g/mol. The number of nitrogens with zero attached hydrogens (tertiary/aromatic N) is 3. The third kappa shape index (κ3) is 4.53. The Bertz CT molecular complexity index is 770. The molecule has 1 aliphatic heterocycles. The fourth-order valence-electron chi connectivity index (χ4n) is 2.71. The Kier molecular flexibility index (Phi) is 5.75. The molecule has 26 heavy (non-hydrogen) atoms. The molecular weight excluding hydrogens is 339 g/mol. The van der Waals surface area contributed by atoms with Gasteiger partial charge in [-0.1, -0.05) is 0 Å². The highest BCUT2D eigenvalue weighted by Gasteiger charge is 2.26. The Balaban J connectivity index is 1.60. The summed E-state index contributed by atoms with van der Waals surface area (Å²) in [6, 6.07) is 4.30. The number of nitrogens with one attached hydrogen (secondary N) is 1. The van der Waals surface area contributed by atoms with E-state index in [0.29, 0.717) is 36.9 Å². The fourth-order valence-corrected chi connectivity index (χ4v) is 2.71. The second-order valence-corrected chi connectivity index (χ2v) is 6.07. The third-order valence-corrected chi connectivity index (χ3v) is 4.11. The van der Waals surface area contributed by atoms with E-state index < -0.39 is 6.10 Å². The van der Waals surface area contributed by atoms with Gasteiger partial charge in [0.25, 0.3) is 0 Å². The van der Waals surface area contributed by atoms with Gasteiger partial charge in [-0.2, -0.15) is 0 Å². The number of halogens is 1. The van der Waals surface area contributed by atoms with Gasteiger partial charge in [0.2, 0.25) is 11.8 Å². The van der Waals surface area contributed by atoms with E-state index in [1.807, 2.05) is 0 Å².